The summed E-state index contributed by atoms with van der Waals surface area (Å²) in [7, 11) is 0. The van der Waals surface area contributed by atoms with E-state index in [0.29, 0.717) is 12.1 Å². The molecule has 84 valence electrons. The van der Waals surface area contributed by atoms with Crippen LogP contribution in [-0.4, -0.2) is 17.7 Å². The molecule has 0 aliphatic carbocycles. The number of benzene rings is 1. The van der Waals surface area contributed by atoms with E-state index in [2.05, 4.69) is 17.2 Å². The van der Waals surface area contributed by atoms with Crippen LogP contribution in [0.25, 0.3) is 0 Å². The minimum absolute atomic E-state index is 0.0468. The van der Waals surface area contributed by atoms with Gasteiger partial charge < -0.3 is 16.2 Å². The Bertz CT molecular complexity index is 444. The maximum Gasteiger partial charge on any atom is 0.316 e. The van der Waals surface area contributed by atoms with E-state index in [4.69, 9.17) is 10.8 Å². The van der Waals surface area contributed by atoms with Crippen molar-refractivity contribution in [2.45, 2.75) is 13.3 Å². The number of rotatable bonds is 2. The number of hydrogen-bond donors (Lipinski definition) is 3. The summed E-state index contributed by atoms with van der Waals surface area (Å²) in [6, 6.07) is 4.85. The Morgan fingerprint density at radius 1 is 1.50 bits per heavy atom. The van der Waals surface area contributed by atoms with Gasteiger partial charge in [0, 0.05) is 17.7 Å². The van der Waals surface area contributed by atoms with Crippen LogP contribution in [-0.2, 0) is 0 Å². The summed E-state index contributed by atoms with van der Waals surface area (Å²) in [5, 5.41) is 11.1. The van der Waals surface area contributed by atoms with Crippen molar-refractivity contribution in [1.82, 2.24) is 0 Å². The summed E-state index contributed by atoms with van der Waals surface area (Å²) >= 11 is 0. The molecule has 0 aromatic heterocycles. The van der Waals surface area contributed by atoms with E-state index in [0.717, 1.165) is 11.1 Å². The number of aliphatic hydroxyl groups is 1. The molecule has 0 spiro atoms. The lowest BCUT2D eigenvalue weighted by Crippen LogP contribution is -2.19. The number of aryl methyl sites for hydroxylation is 1. The first-order valence-corrected chi connectivity index (χ1v) is 4.89. The molecule has 0 heterocycles. The first-order valence-electron chi connectivity index (χ1n) is 4.89. The van der Waals surface area contributed by atoms with E-state index in [1.807, 2.05) is 19.1 Å². The van der Waals surface area contributed by atoms with E-state index in [-0.39, 0.29) is 6.61 Å². The van der Waals surface area contributed by atoms with Gasteiger partial charge in [-0.2, -0.15) is 0 Å². The highest BCUT2D eigenvalue weighted by atomic mass is 16.2. The minimum Gasteiger partial charge on any atom is -0.395 e. The third kappa shape index (κ3) is 4.03. The lowest BCUT2D eigenvalue weighted by Gasteiger charge is -2.03. The van der Waals surface area contributed by atoms with Crippen molar-refractivity contribution in [3.8, 4) is 11.8 Å². The zero-order valence-corrected chi connectivity index (χ0v) is 9.08. The van der Waals surface area contributed by atoms with Crippen LogP contribution >= 0.6 is 0 Å². The number of aliphatic hydroxyl groups excluding tert-OH is 1. The van der Waals surface area contributed by atoms with Gasteiger partial charge in [-0.3, -0.25) is 0 Å². The molecule has 0 fully saturated rings. The average molecular weight is 218 g/mol. The minimum atomic E-state index is -0.597. The van der Waals surface area contributed by atoms with Gasteiger partial charge in [-0.15, -0.1) is 0 Å². The summed E-state index contributed by atoms with van der Waals surface area (Å²) in [5.41, 5.74) is 7.43. The molecule has 0 saturated carbocycles. The fourth-order valence-electron chi connectivity index (χ4n) is 1.29. The van der Waals surface area contributed by atoms with Gasteiger partial charge in [-0.05, 0) is 30.7 Å². The number of anilines is 1. The molecule has 0 radical (unpaired) electrons. The molecule has 4 nitrogen and oxygen atoms in total. The van der Waals surface area contributed by atoms with Crippen molar-refractivity contribution in [3.05, 3.63) is 29.3 Å². The lowest BCUT2D eigenvalue weighted by molar-refractivity contribution is 0.259. The molecule has 4 heteroatoms. The molecule has 0 atom stereocenters. The van der Waals surface area contributed by atoms with Gasteiger partial charge >= 0.3 is 6.03 Å². The maximum atomic E-state index is 10.7. The fraction of sp³-hybridized carbons (Fsp3) is 0.250. The molecular formula is C12H14N2O2. The second-order valence-electron chi connectivity index (χ2n) is 3.35. The Morgan fingerprint density at radius 3 is 2.88 bits per heavy atom. The number of primary amides is 1. The van der Waals surface area contributed by atoms with E-state index < -0.39 is 6.03 Å². The van der Waals surface area contributed by atoms with Crippen LogP contribution in [0.5, 0.6) is 0 Å². The van der Waals surface area contributed by atoms with Gasteiger partial charge in [-0.1, -0.05) is 11.8 Å². The van der Waals surface area contributed by atoms with E-state index >= 15 is 0 Å². The molecule has 4 N–H and O–H groups in total. The van der Waals surface area contributed by atoms with Crippen LogP contribution in [0.2, 0.25) is 0 Å². The molecule has 1 aromatic carbocycles. The highest BCUT2D eigenvalue weighted by molar-refractivity contribution is 5.88. The van der Waals surface area contributed by atoms with Crippen molar-refractivity contribution in [2.24, 2.45) is 5.73 Å². The van der Waals surface area contributed by atoms with Crippen LogP contribution < -0.4 is 11.1 Å². The van der Waals surface area contributed by atoms with Crippen LogP contribution in [0.15, 0.2) is 18.2 Å². The molecule has 0 aliphatic heterocycles. The number of amides is 2. The predicted octanol–water partition coefficient (Wildman–Crippen LogP) is 1.22. The van der Waals surface area contributed by atoms with Crippen molar-refractivity contribution in [2.75, 3.05) is 11.9 Å². The first kappa shape index (κ1) is 12.1. The maximum absolute atomic E-state index is 10.7. The molecule has 0 bridgehead atoms. The molecule has 0 saturated heterocycles. The molecular weight excluding hydrogens is 204 g/mol. The van der Waals surface area contributed by atoms with Crippen LogP contribution in [0.1, 0.15) is 17.5 Å². The van der Waals surface area contributed by atoms with E-state index in [1.165, 1.54) is 0 Å². The average Bonchev–Trinajstić information content (AvgIpc) is 2.16. The Hall–Kier alpha value is -1.99. The van der Waals surface area contributed by atoms with Crippen LogP contribution in [0.3, 0.4) is 0 Å². The summed E-state index contributed by atoms with van der Waals surface area (Å²) < 4.78 is 0. The molecule has 1 aromatic rings. The normalized spacial score (nSPS) is 9.12. The van der Waals surface area contributed by atoms with Gasteiger partial charge in [0.15, 0.2) is 0 Å². The summed E-state index contributed by atoms with van der Waals surface area (Å²) in [6.07, 6.45) is 0.437. The smallest absolute Gasteiger partial charge is 0.316 e. The van der Waals surface area contributed by atoms with Crippen molar-refractivity contribution in [1.29, 1.82) is 0 Å². The number of urea groups is 1. The summed E-state index contributed by atoms with van der Waals surface area (Å²) in [6.45, 7) is 1.95. The largest absolute Gasteiger partial charge is 0.395 e. The van der Waals surface area contributed by atoms with E-state index in [9.17, 15) is 4.79 Å². The first-order chi connectivity index (χ1) is 7.61. The second kappa shape index (κ2) is 5.79. The quantitative estimate of drug-likeness (QED) is 0.653. The third-order valence-corrected chi connectivity index (χ3v) is 1.81. The van der Waals surface area contributed by atoms with Gasteiger partial charge in [0.1, 0.15) is 0 Å². The Labute approximate surface area is 94.5 Å². The number of carbonyl (C=O) groups excluding carboxylic acids is 1. The number of nitrogens with two attached hydrogens (primary N) is 1. The highest BCUT2D eigenvalue weighted by Crippen LogP contribution is 2.13. The van der Waals surface area contributed by atoms with Crippen molar-refractivity contribution in [3.63, 3.8) is 0 Å². The zero-order valence-electron chi connectivity index (χ0n) is 9.08. The highest BCUT2D eigenvalue weighted by Gasteiger charge is 1.98. The SMILES string of the molecule is Cc1cc(C#CCCO)cc(NC(N)=O)c1. The number of hydrogen-bond acceptors (Lipinski definition) is 2. The summed E-state index contributed by atoms with van der Waals surface area (Å²) in [5.74, 6) is 5.71. The van der Waals surface area contributed by atoms with Crippen molar-refractivity contribution < 1.29 is 9.90 Å². The predicted molar refractivity (Wildman–Crippen MR) is 63.0 cm³/mol. The molecule has 16 heavy (non-hydrogen) atoms. The lowest BCUT2D eigenvalue weighted by atomic mass is 10.1. The van der Waals surface area contributed by atoms with Gasteiger partial charge in [0.2, 0.25) is 0 Å². The standard InChI is InChI=1S/C12H14N2O2/c1-9-6-10(4-2-3-5-15)8-11(7-9)14-12(13)16/h6-8,15H,3,5H2,1H3,(H3,13,14,16). The summed E-state index contributed by atoms with van der Waals surface area (Å²) in [4.78, 5) is 10.7. The fourth-order valence-corrected chi connectivity index (χ4v) is 1.29. The van der Waals surface area contributed by atoms with Crippen LogP contribution in [0.4, 0.5) is 10.5 Å². The van der Waals surface area contributed by atoms with Crippen LogP contribution in [0, 0.1) is 18.8 Å². The Kier molecular flexibility index (Phi) is 4.37. The third-order valence-electron chi connectivity index (χ3n) is 1.81. The monoisotopic (exact) mass is 218 g/mol. The van der Waals surface area contributed by atoms with E-state index in [1.54, 1.807) is 6.07 Å². The Balaban J connectivity index is 2.90. The molecule has 0 aliphatic rings. The van der Waals surface area contributed by atoms with Gasteiger partial charge in [0.25, 0.3) is 0 Å². The molecule has 2 amide bonds. The molecule has 0 unspecified atom stereocenters. The Morgan fingerprint density at radius 2 is 2.25 bits per heavy atom. The van der Waals surface area contributed by atoms with Gasteiger partial charge in [0.05, 0.1) is 6.61 Å². The van der Waals surface area contributed by atoms with Crippen molar-refractivity contribution >= 4 is 11.7 Å². The molecule has 1 rings (SSSR count). The number of nitrogens with one attached hydrogen (secondary N) is 1. The second-order valence-corrected chi connectivity index (χ2v) is 3.35. The zero-order chi connectivity index (χ0) is 12.0. The van der Waals surface area contributed by atoms with Gasteiger partial charge in [-0.25, -0.2) is 4.79 Å². The topological polar surface area (TPSA) is 75.3 Å². The number of carbonyl (C=O) groups is 1.